The van der Waals surface area contributed by atoms with Gasteiger partial charge in [0.1, 0.15) is 0 Å². The Balaban J connectivity index is 1.95. The summed E-state index contributed by atoms with van der Waals surface area (Å²) in [5.74, 6) is -0.512. The Morgan fingerprint density at radius 2 is 1.83 bits per heavy atom. The summed E-state index contributed by atoms with van der Waals surface area (Å²) >= 11 is 11.9. The molecule has 0 spiro atoms. The van der Waals surface area contributed by atoms with Crippen LogP contribution in [0.5, 0.6) is 0 Å². The summed E-state index contributed by atoms with van der Waals surface area (Å²) in [5, 5.41) is 3.46. The molecule has 4 nitrogen and oxygen atoms in total. The number of hydrogen-bond acceptors (Lipinski definition) is 3. The molecule has 1 aliphatic rings. The molecule has 2 amide bonds. The zero-order valence-corrected chi connectivity index (χ0v) is 11.1. The van der Waals surface area contributed by atoms with Gasteiger partial charge in [-0.2, -0.15) is 0 Å². The molecule has 0 saturated carbocycles. The molecule has 18 heavy (non-hydrogen) atoms. The van der Waals surface area contributed by atoms with Crippen molar-refractivity contribution in [3.63, 3.8) is 0 Å². The number of carbonyl (C=O) groups is 2. The van der Waals surface area contributed by atoms with Gasteiger partial charge in [-0.1, -0.05) is 29.3 Å². The fraction of sp³-hybridized carbons (Fsp3) is 0.333. The second-order valence-corrected chi connectivity index (χ2v) is 5.01. The van der Waals surface area contributed by atoms with Crippen LogP contribution in [0.25, 0.3) is 0 Å². The molecule has 0 aromatic heterocycles. The van der Waals surface area contributed by atoms with Gasteiger partial charge in [0, 0.05) is 16.6 Å². The van der Waals surface area contributed by atoms with Gasteiger partial charge in [-0.05, 0) is 24.1 Å². The molecule has 1 aliphatic heterocycles. The summed E-state index contributed by atoms with van der Waals surface area (Å²) < 4.78 is 0. The van der Waals surface area contributed by atoms with Gasteiger partial charge in [-0.25, -0.2) is 0 Å². The fourth-order valence-electron chi connectivity index (χ4n) is 1.86. The van der Waals surface area contributed by atoms with E-state index in [1.165, 1.54) is 0 Å². The molecule has 6 heteroatoms. The standard InChI is InChI=1S/C12H12Cl2N2O2/c13-9-2-1-8(10(14)5-9)3-4-16-6-11(17)15-12(18)7-16/h1-2,5H,3-4,6-7H2,(H,15,17,18). The zero-order valence-electron chi connectivity index (χ0n) is 9.58. The van der Waals surface area contributed by atoms with Gasteiger partial charge in [-0.3, -0.25) is 19.8 Å². The minimum atomic E-state index is -0.256. The van der Waals surface area contributed by atoms with Crippen molar-refractivity contribution < 1.29 is 9.59 Å². The van der Waals surface area contributed by atoms with Crippen molar-refractivity contribution in [3.8, 4) is 0 Å². The first-order valence-corrected chi connectivity index (χ1v) is 6.29. The SMILES string of the molecule is O=C1CN(CCc2ccc(Cl)cc2Cl)CC(=O)N1. The second kappa shape index (κ2) is 5.69. The monoisotopic (exact) mass is 286 g/mol. The molecule has 0 aliphatic carbocycles. The predicted octanol–water partition coefficient (Wildman–Crippen LogP) is 1.49. The van der Waals surface area contributed by atoms with Crippen LogP contribution in [0.15, 0.2) is 18.2 Å². The van der Waals surface area contributed by atoms with Crippen LogP contribution < -0.4 is 5.32 Å². The number of amides is 2. The van der Waals surface area contributed by atoms with E-state index in [0.717, 1.165) is 5.56 Å². The van der Waals surface area contributed by atoms with Crippen molar-refractivity contribution in [1.82, 2.24) is 10.2 Å². The van der Waals surface area contributed by atoms with Crippen molar-refractivity contribution in [2.24, 2.45) is 0 Å². The first-order valence-electron chi connectivity index (χ1n) is 5.53. The maximum absolute atomic E-state index is 11.2. The van der Waals surface area contributed by atoms with E-state index in [2.05, 4.69) is 5.32 Å². The first kappa shape index (κ1) is 13.3. The Morgan fingerprint density at radius 1 is 1.17 bits per heavy atom. The van der Waals surface area contributed by atoms with E-state index in [1.807, 2.05) is 6.07 Å². The Labute approximate surface area is 115 Å². The van der Waals surface area contributed by atoms with Gasteiger partial charge in [0.15, 0.2) is 0 Å². The van der Waals surface area contributed by atoms with Crippen molar-refractivity contribution in [3.05, 3.63) is 33.8 Å². The summed E-state index contributed by atoms with van der Waals surface area (Å²) in [7, 11) is 0. The van der Waals surface area contributed by atoms with Gasteiger partial charge >= 0.3 is 0 Å². The quantitative estimate of drug-likeness (QED) is 0.857. The van der Waals surface area contributed by atoms with Gasteiger partial charge < -0.3 is 0 Å². The lowest BCUT2D eigenvalue weighted by Gasteiger charge is -2.25. The van der Waals surface area contributed by atoms with Gasteiger partial charge in [0.25, 0.3) is 0 Å². The molecular weight excluding hydrogens is 275 g/mol. The highest BCUT2D eigenvalue weighted by Gasteiger charge is 2.21. The molecule has 0 unspecified atom stereocenters. The summed E-state index contributed by atoms with van der Waals surface area (Å²) in [6.45, 7) is 1.11. The number of piperazine rings is 1. The van der Waals surface area contributed by atoms with Crippen molar-refractivity contribution >= 4 is 35.0 Å². The van der Waals surface area contributed by atoms with Crippen molar-refractivity contribution in [2.75, 3.05) is 19.6 Å². The number of rotatable bonds is 3. The van der Waals surface area contributed by atoms with E-state index in [4.69, 9.17) is 23.2 Å². The summed E-state index contributed by atoms with van der Waals surface area (Å²) in [6.07, 6.45) is 0.677. The van der Waals surface area contributed by atoms with Crippen molar-refractivity contribution in [1.29, 1.82) is 0 Å². The summed E-state index contributed by atoms with van der Waals surface area (Å²) in [6, 6.07) is 5.32. The molecule has 1 saturated heterocycles. The molecule has 1 aromatic rings. The largest absolute Gasteiger partial charge is 0.294 e. The predicted molar refractivity (Wildman–Crippen MR) is 69.8 cm³/mol. The molecule has 0 radical (unpaired) electrons. The maximum Gasteiger partial charge on any atom is 0.240 e. The van der Waals surface area contributed by atoms with Gasteiger partial charge in [-0.15, -0.1) is 0 Å². The number of nitrogens with zero attached hydrogens (tertiary/aromatic N) is 1. The number of hydrogen-bond donors (Lipinski definition) is 1. The van der Waals surface area contributed by atoms with Crippen LogP contribution >= 0.6 is 23.2 Å². The first-order chi connectivity index (χ1) is 8.54. The Kier molecular flexibility index (Phi) is 4.22. The third-order valence-electron chi connectivity index (χ3n) is 2.73. The minimum absolute atomic E-state index is 0.247. The second-order valence-electron chi connectivity index (χ2n) is 4.17. The van der Waals surface area contributed by atoms with Crippen LogP contribution in [0.4, 0.5) is 0 Å². The number of halogens is 2. The van der Waals surface area contributed by atoms with E-state index in [1.54, 1.807) is 17.0 Å². The van der Waals surface area contributed by atoms with E-state index in [-0.39, 0.29) is 24.9 Å². The maximum atomic E-state index is 11.2. The van der Waals surface area contributed by atoms with E-state index >= 15 is 0 Å². The number of benzene rings is 1. The minimum Gasteiger partial charge on any atom is -0.294 e. The van der Waals surface area contributed by atoms with E-state index in [0.29, 0.717) is 23.0 Å². The fourth-order valence-corrected chi connectivity index (χ4v) is 2.36. The number of carbonyl (C=O) groups excluding carboxylic acids is 2. The van der Waals surface area contributed by atoms with Crippen LogP contribution in [0, 0.1) is 0 Å². The molecule has 1 aromatic carbocycles. The topological polar surface area (TPSA) is 49.4 Å². The third kappa shape index (κ3) is 3.45. The molecule has 0 atom stereocenters. The molecule has 1 fully saturated rings. The molecule has 0 bridgehead atoms. The summed E-state index contributed by atoms with van der Waals surface area (Å²) in [4.78, 5) is 24.2. The van der Waals surface area contributed by atoms with Crippen LogP contribution in [0.3, 0.4) is 0 Å². The Morgan fingerprint density at radius 3 is 2.44 bits per heavy atom. The van der Waals surface area contributed by atoms with E-state index in [9.17, 15) is 9.59 Å². The highest BCUT2D eigenvalue weighted by molar-refractivity contribution is 6.35. The van der Waals surface area contributed by atoms with Gasteiger partial charge in [0.05, 0.1) is 13.1 Å². The smallest absolute Gasteiger partial charge is 0.240 e. The number of imide groups is 1. The van der Waals surface area contributed by atoms with Crippen LogP contribution in [0.1, 0.15) is 5.56 Å². The number of nitrogens with one attached hydrogen (secondary N) is 1. The molecule has 2 rings (SSSR count). The molecule has 96 valence electrons. The zero-order chi connectivity index (χ0) is 13.1. The summed E-state index contributed by atoms with van der Waals surface area (Å²) in [5.41, 5.74) is 0.958. The van der Waals surface area contributed by atoms with Crippen LogP contribution in [-0.4, -0.2) is 36.3 Å². The lowest BCUT2D eigenvalue weighted by Crippen LogP contribution is -2.51. The lowest BCUT2D eigenvalue weighted by molar-refractivity contribution is -0.135. The normalized spacial score (nSPS) is 16.8. The van der Waals surface area contributed by atoms with Crippen LogP contribution in [-0.2, 0) is 16.0 Å². The average Bonchev–Trinajstić information content (AvgIpc) is 2.26. The van der Waals surface area contributed by atoms with E-state index < -0.39 is 0 Å². The molecule has 1 heterocycles. The van der Waals surface area contributed by atoms with Crippen molar-refractivity contribution in [2.45, 2.75) is 6.42 Å². The Bertz CT molecular complexity index is 475. The third-order valence-corrected chi connectivity index (χ3v) is 3.31. The molecule has 1 N–H and O–H groups in total. The van der Waals surface area contributed by atoms with Crippen LogP contribution in [0.2, 0.25) is 10.0 Å². The molecular formula is C12H12Cl2N2O2. The highest BCUT2D eigenvalue weighted by atomic mass is 35.5. The lowest BCUT2D eigenvalue weighted by atomic mass is 10.1. The Hall–Kier alpha value is -1.10. The average molecular weight is 287 g/mol. The highest BCUT2D eigenvalue weighted by Crippen LogP contribution is 2.21. The van der Waals surface area contributed by atoms with Gasteiger partial charge in [0.2, 0.25) is 11.8 Å².